The first-order valence-electron chi connectivity index (χ1n) is 4.75. The van der Waals surface area contributed by atoms with Crippen LogP contribution in [0.25, 0.3) is 4.96 Å². The summed E-state index contributed by atoms with van der Waals surface area (Å²) in [5.74, 6) is 0.543. The summed E-state index contributed by atoms with van der Waals surface area (Å²) in [7, 11) is 0. The van der Waals surface area contributed by atoms with Crippen molar-refractivity contribution in [1.82, 2.24) is 25.1 Å². The van der Waals surface area contributed by atoms with Gasteiger partial charge in [0.05, 0.1) is 0 Å². The van der Waals surface area contributed by atoms with Crippen molar-refractivity contribution in [3.8, 4) is 0 Å². The zero-order valence-corrected chi connectivity index (χ0v) is 8.66. The summed E-state index contributed by atoms with van der Waals surface area (Å²) in [4.78, 5) is 0.888. The lowest BCUT2D eigenvalue weighted by Gasteiger charge is -2.10. The molecule has 2 aromatic rings. The maximum atomic E-state index is 4.48. The van der Waals surface area contributed by atoms with Gasteiger partial charge in [0.25, 0.3) is 0 Å². The predicted octanol–water partition coefficient (Wildman–Crippen LogP) is 0.651. The molecule has 2 atom stereocenters. The first kappa shape index (κ1) is 8.31. The Kier molecular flexibility index (Phi) is 1.78. The number of aromatic nitrogens is 4. The van der Waals surface area contributed by atoms with Gasteiger partial charge in [-0.1, -0.05) is 11.3 Å². The van der Waals surface area contributed by atoms with Gasteiger partial charge in [-0.2, -0.15) is 9.61 Å². The minimum atomic E-state index is 0.527. The highest BCUT2D eigenvalue weighted by molar-refractivity contribution is 7.16. The molecule has 6 heteroatoms. The van der Waals surface area contributed by atoms with Gasteiger partial charge in [0.1, 0.15) is 11.3 Å². The van der Waals surface area contributed by atoms with Crippen molar-refractivity contribution in [3.63, 3.8) is 0 Å². The molecule has 2 aromatic heterocycles. The van der Waals surface area contributed by atoms with Crippen LogP contribution in [0.1, 0.15) is 24.3 Å². The largest absolute Gasteiger partial charge is 0.314 e. The fraction of sp³-hybridized carbons (Fsp3) is 0.625. The summed E-state index contributed by atoms with van der Waals surface area (Å²) in [5.41, 5.74) is 0. The zero-order valence-electron chi connectivity index (χ0n) is 7.84. The minimum Gasteiger partial charge on any atom is -0.314 e. The quantitative estimate of drug-likeness (QED) is 0.749. The van der Waals surface area contributed by atoms with E-state index in [0.717, 1.165) is 11.5 Å². The molecule has 1 aliphatic heterocycles. The second-order valence-electron chi connectivity index (χ2n) is 3.64. The van der Waals surface area contributed by atoms with Crippen molar-refractivity contribution >= 4 is 16.3 Å². The Hall–Kier alpha value is -1.01. The van der Waals surface area contributed by atoms with Crippen molar-refractivity contribution in [2.45, 2.75) is 25.3 Å². The molecular weight excluding hydrogens is 198 g/mol. The van der Waals surface area contributed by atoms with Crippen molar-refractivity contribution in [3.05, 3.63) is 11.3 Å². The van der Waals surface area contributed by atoms with Crippen LogP contribution in [-0.2, 0) is 0 Å². The zero-order chi connectivity index (χ0) is 9.54. The predicted molar refractivity (Wildman–Crippen MR) is 53.5 cm³/mol. The van der Waals surface area contributed by atoms with Crippen LogP contribution >= 0.6 is 11.3 Å². The number of rotatable bonds is 1. The molecule has 0 spiro atoms. The first-order chi connectivity index (χ1) is 6.84. The number of nitrogens with one attached hydrogen (secondary N) is 1. The molecule has 0 saturated carbocycles. The van der Waals surface area contributed by atoms with Crippen molar-refractivity contribution in [1.29, 1.82) is 0 Å². The Bertz CT molecular complexity index is 419. The summed E-state index contributed by atoms with van der Waals surface area (Å²) in [6, 6.07) is 0.527. The molecule has 74 valence electrons. The average molecular weight is 209 g/mol. The lowest BCUT2D eigenvalue weighted by Crippen LogP contribution is -2.21. The average Bonchev–Trinajstić information content (AvgIpc) is 2.75. The molecule has 1 saturated heterocycles. The molecule has 5 nitrogen and oxygen atoms in total. The van der Waals surface area contributed by atoms with Crippen molar-refractivity contribution in [2.24, 2.45) is 0 Å². The summed E-state index contributed by atoms with van der Waals surface area (Å²) in [5, 5.41) is 16.9. The molecule has 3 rings (SSSR count). The molecule has 0 amide bonds. The second-order valence-corrected chi connectivity index (χ2v) is 4.62. The van der Waals surface area contributed by atoms with E-state index in [9.17, 15) is 0 Å². The van der Waals surface area contributed by atoms with Crippen LogP contribution < -0.4 is 5.32 Å². The highest BCUT2D eigenvalue weighted by Gasteiger charge is 2.27. The lowest BCUT2D eigenvalue weighted by molar-refractivity contribution is 0.585. The van der Waals surface area contributed by atoms with Gasteiger partial charge in [-0.25, -0.2) is 0 Å². The molecule has 0 aliphatic carbocycles. The molecule has 3 heterocycles. The molecular formula is C8H11N5S. The molecule has 1 N–H and O–H groups in total. The smallest absolute Gasteiger partial charge is 0.234 e. The Morgan fingerprint density at radius 3 is 3.29 bits per heavy atom. The van der Waals surface area contributed by atoms with E-state index in [0.29, 0.717) is 12.0 Å². The number of nitrogens with zero attached hydrogens (tertiary/aromatic N) is 4. The van der Waals surface area contributed by atoms with E-state index in [-0.39, 0.29) is 0 Å². The summed E-state index contributed by atoms with van der Waals surface area (Å²) in [6.45, 7) is 3.30. The van der Waals surface area contributed by atoms with Gasteiger partial charge in [0.15, 0.2) is 0 Å². The normalized spacial score (nSPS) is 27.5. The van der Waals surface area contributed by atoms with E-state index in [1.807, 2.05) is 0 Å². The summed E-state index contributed by atoms with van der Waals surface area (Å²) in [6.07, 6.45) is 2.83. The Morgan fingerprint density at radius 2 is 2.57 bits per heavy atom. The third kappa shape index (κ3) is 1.14. The van der Waals surface area contributed by atoms with E-state index in [2.05, 4.69) is 27.5 Å². The highest BCUT2D eigenvalue weighted by atomic mass is 32.1. The second kappa shape index (κ2) is 2.99. The van der Waals surface area contributed by atoms with E-state index in [1.165, 1.54) is 11.4 Å². The molecule has 0 bridgehead atoms. The van der Waals surface area contributed by atoms with Gasteiger partial charge < -0.3 is 5.32 Å². The third-order valence-electron chi connectivity index (χ3n) is 2.74. The van der Waals surface area contributed by atoms with Crippen LogP contribution in [0.5, 0.6) is 0 Å². The van der Waals surface area contributed by atoms with Crippen LogP contribution in [-0.4, -0.2) is 32.4 Å². The van der Waals surface area contributed by atoms with Crippen LogP contribution in [0, 0.1) is 0 Å². The van der Waals surface area contributed by atoms with Crippen LogP contribution in [0.2, 0.25) is 0 Å². The Labute approximate surface area is 85.2 Å². The lowest BCUT2D eigenvalue weighted by atomic mass is 10.0. The van der Waals surface area contributed by atoms with E-state index < -0.39 is 0 Å². The number of hydrogen-bond acceptors (Lipinski definition) is 5. The maximum absolute atomic E-state index is 4.48. The maximum Gasteiger partial charge on any atom is 0.234 e. The van der Waals surface area contributed by atoms with Crippen LogP contribution in [0.3, 0.4) is 0 Å². The van der Waals surface area contributed by atoms with Gasteiger partial charge >= 0.3 is 0 Å². The van der Waals surface area contributed by atoms with Gasteiger partial charge in [-0.3, -0.25) is 0 Å². The monoisotopic (exact) mass is 209 g/mol. The number of hydrogen-bond donors (Lipinski definition) is 1. The van der Waals surface area contributed by atoms with Gasteiger partial charge in [-0.05, 0) is 19.9 Å². The first-order valence-corrected chi connectivity index (χ1v) is 5.56. The van der Waals surface area contributed by atoms with Crippen LogP contribution in [0.4, 0.5) is 0 Å². The van der Waals surface area contributed by atoms with Gasteiger partial charge in [0.2, 0.25) is 4.96 Å². The fourth-order valence-corrected chi connectivity index (χ4v) is 2.98. The third-order valence-corrected chi connectivity index (χ3v) is 3.79. The standard InChI is InChI=1S/C8H11N5S/c1-5-6(2-3-9-5)7-12-13-4-10-11-8(13)14-7/h4-6,9H,2-3H2,1H3. The van der Waals surface area contributed by atoms with E-state index in [1.54, 1.807) is 22.2 Å². The minimum absolute atomic E-state index is 0.527. The topological polar surface area (TPSA) is 55.1 Å². The molecule has 0 radical (unpaired) electrons. The fourth-order valence-electron chi connectivity index (χ4n) is 1.92. The highest BCUT2D eigenvalue weighted by Crippen LogP contribution is 2.30. The van der Waals surface area contributed by atoms with Gasteiger partial charge in [0, 0.05) is 12.0 Å². The van der Waals surface area contributed by atoms with Crippen molar-refractivity contribution in [2.75, 3.05) is 6.54 Å². The summed E-state index contributed by atoms with van der Waals surface area (Å²) < 4.78 is 1.76. The van der Waals surface area contributed by atoms with Crippen LogP contribution in [0.15, 0.2) is 6.33 Å². The SMILES string of the molecule is CC1NCCC1c1nn2cnnc2s1. The molecule has 2 unspecified atom stereocenters. The van der Waals surface area contributed by atoms with E-state index >= 15 is 0 Å². The molecule has 1 aliphatic rings. The summed E-state index contributed by atoms with van der Waals surface area (Å²) >= 11 is 1.64. The van der Waals surface area contributed by atoms with E-state index in [4.69, 9.17) is 0 Å². The molecule has 0 aromatic carbocycles. The van der Waals surface area contributed by atoms with Crippen molar-refractivity contribution < 1.29 is 0 Å². The molecule has 1 fully saturated rings. The van der Waals surface area contributed by atoms with Gasteiger partial charge in [-0.15, -0.1) is 10.2 Å². The number of fused-ring (bicyclic) bond motifs is 1. The Morgan fingerprint density at radius 1 is 1.64 bits per heavy atom. The Balaban J connectivity index is 2.01. The molecule has 14 heavy (non-hydrogen) atoms.